The van der Waals surface area contributed by atoms with Gasteiger partial charge in [-0.15, -0.1) is 11.3 Å². The van der Waals surface area contributed by atoms with Gasteiger partial charge < -0.3 is 10.4 Å². The van der Waals surface area contributed by atoms with Crippen LogP contribution in [0.5, 0.6) is 0 Å². The van der Waals surface area contributed by atoms with E-state index < -0.39 is 28.0 Å². The van der Waals surface area contributed by atoms with Gasteiger partial charge in [-0.05, 0) is 43.0 Å². The molecule has 9 heteroatoms. The number of hydrogen-bond donors (Lipinski definition) is 3. The fourth-order valence-corrected chi connectivity index (χ4v) is 4.19. The Balaban J connectivity index is 1.95. The Hall–Kier alpha value is -2.39. The Morgan fingerprint density at radius 1 is 1.15 bits per heavy atom. The number of carbonyl (C=O) groups is 2. The van der Waals surface area contributed by atoms with Crippen molar-refractivity contribution >= 4 is 38.9 Å². The van der Waals surface area contributed by atoms with Crippen LogP contribution in [0.25, 0.3) is 0 Å². The molecule has 1 heterocycles. The van der Waals surface area contributed by atoms with E-state index in [-0.39, 0.29) is 16.5 Å². The van der Waals surface area contributed by atoms with Crippen molar-refractivity contribution < 1.29 is 23.1 Å². The molecule has 140 valence electrons. The number of amides is 1. The first kappa shape index (κ1) is 19.9. The quantitative estimate of drug-likeness (QED) is 0.634. The zero-order valence-corrected chi connectivity index (χ0v) is 15.9. The lowest BCUT2D eigenvalue weighted by molar-refractivity contribution is -0.142. The van der Waals surface area contributed by atoms with Gasteiger partial charge in [-0.3, -0.25) is 14.3 Å². The van der Waals surface area contributed by atoms with E-state index in [0.29, 0.717) is 11.3 Å². The summed E-state index contributed by atoms with van der Waals surface area (Å²) in [5.74, 6) is -1.95. The Bertz CT molecular complexity index is 861. The summed E-state index contributed by atoms with van der Waals surface area (Å²) in [4.78, 5) is 22.9. The average molecular weight is 396 g/mol. The highest BCUT2D eigenvalue weighted by molar-refractivity contribution is 7.94. The molecule has 2 rings (SSSR count). The molecule has 1 amide bonds. The zero-order chi connectivity index (χ0) is 19.3. The maximum absolute atomic E-state index is 12.2. The molecule has 0 aliphatic rings. The highest BCUT2D eigenvalue weighted by Gasteiger charge is 2.21. The van der Waals surface area contributed by atoms with Crippen LogP contribution in [0.2, 0.25) is 0 Å². The second-order valence-corrected chi connectivity index (χ2v) is 8.75. The van der Waals surface area contributed by atoms with E-state index in [2.05, 4.69) is 10.0 Å². The Morgan fingerprint density at radius 3 is 2.35 bits per heavy atom. The van der Waals surface area contributed by atoms with Crippen LogP contribution in [0.1, 0.15) is 19.4 Å². The van der Waals surface area contributed by atoms with Crippen molar-refractivity contribution in [3.8, 4) is 0 Å². The summed E-state index contributed by atoms with van der Waals surface area (Å²) in [5.41, 5.74) is 1.09. The van der Waals surface area contributed by atoms with Crippen molar-refractivity contribution in [1.82, 2.24) is 5.32 Å². The van der Waals surface area contributed by atoms with Crippen LogP contribution in [-0.2, 0) is 26.0 Å². The normalized spacial score (nSPS) is 13.6. The molecule has 0 spiro atoms. The van der Waals surface area contributed by atoms with Crippen molar-refractivity contribution in [3.05, 3.63) is 47.3 Å². The number of thiophene rings is 1. The Kier molecular flexibility index (Phi) is 6.38. The predicted molar refractivity (Wildman–Crippen MR) is 99.7 cm³/mol. The summed E-state index contributed by atoms with van der Waals surface area (Å²) in [5, 5.41) is 13.3. The molecule has 1 aromatic carbocycles. The molecule has 0 saturated carbocycles. The van der Waals surface area contributed by atoms with Gasteiger partial charge in [-0.25, -0.2) is 8.42 Å². The molecule has 0 saturated heterocycles. The summed E-state index contributed by atoms with van der Waals surface area (Å²) < 4.78 is 27.0. The maximum atomic E-state index is 12.2. The van der Waals surface area contributed by atoms with Crippen LogP contribution in [0, 0.1) is 5.92 Å². The first-order valence-electron chi connectivity index (χ1n) is 7.86. The lowest BCUT2D eigenvalue weighted by Crippen LogP contribution is -2.40. The third-order valence-corrected chi connectivity index (χ3v) is 6.64. The minimum atomic E-state index is -3.61. The van der Waals surface area contributed by atoms with Crippen molar-refractivity contribution in [2.45, 2.75) is 30.5 Å². The molecule has 0 aliphatic heterocycles. The maximum Gasteiger partial charge on any atom is 0.308 e. The van der Waals surface area contributed by atoms with Crippen molar-refractivity contribution in [3.63, 3.8) is 0 Å². The third kappa shape index (κ3) is 5.30. The standard InChI is InChI=1S/C17H20N2O5S2/c1-11(17(21)22)12(2)18-15(20)10-13-5-7-14(8-6-13)19-26(23,24)16-4-3-9-25-16/h3-9,11-12,19H,10H2,1-2H3,(H,18,20)(H,21,22). The smallest absolute Gasteiger partial charge is 0.308 e. The van der Waals surface area contributed by atoms with Crippen LogP contribution in [0.4, 0.5) is 5.69 Å². The number of hydrogen-bond acceptors (Lipinski definition) is 5. The Morgan fingerprint density at radius 2 is 1.81 bits per heavy atom. The van der Waals surface area contributed by atoms with Gasteiger partial charge in [0.25, 0.3) is 10.0 Å². The van der Waals surface area contributed by atoms with Crippen LogP contribution in [-0.4, -0.2) is 31.4 Å². The van der Waals surface area contributed by atoms with E-state index in [9.17, 15) is 18.0 Å². The van der Waals surface area contributed by atoms with Gasteiger partial charge in [0.15, 0.2) is 0 Å². The van der Waals surface area contributed by atoms with Crippen LogP contribution in [0.3, 0.4) is 0 Å². The number of aliphatic carboxylic acids is 1. The van der Waals surface area contributed by atoms with Crippen LogP contribution >= 0.6 is 11.3 Å². The molecular weight excluding hydrogens is 376 g/mol. The van der Waals surface area contributed by atoms with E-state index in [1.54, 1.807) is 42.6 Å². The summed E-state index contributed by atoms with van der Waals surface area (Å²) in [6.07, 6.45) is 0.0780. The number of anilines is 1. The molecule has 2 atom stereocenters. The van der Waals surface area contributed by atoms with Gasteiger partial charge in [-0.1, -0.05) is 18.2 Å². The number of sulfonamides is 1. The largest absolute Gasteiger partial charge is 0.481 e. The lowest BCUT2D eigenvalue weighted by Gasteiger charge is -2.17. The minimum Gasteiger partial charge on any atom is -0.481 e. The molecule has 2 unspecified atom stereocenters. The molecule has 1 aromatic heterocycles. The minimum absolute atomic E-state index is 0.0780. The van der Waals surface area contributed by atoms with Crippen molar-refractivity contribution in [2.24, 2.45) is 5.92 Å². The molecule has 0 radical (unpaired) electrons. The molecule has 0 bridgehead atoms. The number of carbonyl (C=O) groups excluding carboxylic acids is 1. The monoisotopic (exact) mass is 396 g/mol. The topological polar surface area (TPSA) is 113 Å². The van der Waals surface area contributed by atoms with Gasteiger partial charge in [0.1, 0.15) is 4.21 Å². The van der Waals surface area contributed by atoms with Gasteiger partial charge in [0.05, 0.1) is 12.3 Å². The van der Waals surface area contributed by atoms with E-state index in [4.69, 9.17) is 5.11 Å². The van der Waals surface area contributed by atoms with Gasteiger partial charge in [-0.2, -0.15) is 0 Å². The molecular formula is C17H20N2O5S2. The Labute approximate surface area is 156 Å². The first-order chi connectivity index (χ1) is 12.2. The summed E-state index contributed by atoms with van der Waals surface area (Å²) >= 11 is 1.13. The lowest BCUT2D eigenvalue weighted by atomic mass is 10.0. The average Bonchev–Trinajstić information content (AvgIpc) is 3.11. The molecule has 0 fully saturated rings. The summed E-state index contributed by atoms with van der Waals surface area (Å²) in [6, 6.07) is 9.15. The van der Waals surface area contributed by atoms with E-state index in [1.807, 2.05) is 0 Å². The fourth-order valence-electron chi connectivity index (χ4n) is 2.14. The second-order valence-electron chi connectivity index (χ2n) is 5.89. The third-order valence-electron chi connectivity index (χ3n) is 3.86. The molecule has 0 aliphatic carbocycles. The van der Waals surface area contributed by atoms with Gasteiger partial charge in [0, 0.05) is 11.7 Å². The number of benzene rings is 1. The van der Waals surface area contributed by atoms with Crippen LogP contribution in [0.15, 0.2) is 46.0 Å². The van der Waals surface area contributed by atoms with Crippen molar-refractivity contribution in [1.29, 1.82) is 0 Å². The van der Waals surface area contributed by atoms with E-state index >= 15 is 0 Å². The first-order valence-corrected chi connectivity index (χ1v) is 10.2. The van der Waals surface area contributed by atoms with E-state index in [0.717, 1.165) is 11.3 Å². The highest BCUT2D eigenvalue weighted by Crippen LogP contribution is 2.20. The molecule has 3 N–H and O–H groups in total. The number of carboxylic acid groups (broad SMARTS) is 1. The molecule has 26 heavy (non-hydrogen) atoms. The predicted octanol–water partition coefficient (Wildman–Crippen LogP) is 2.32. The fraction of sp³-hybridized carbons (Fsp3) is 0.294. The number of nitrogens with one attached hydrogen (secondary N) is 2. The van der Waals surface area contributed by atoms with Gasteiger partial charge in [0.2, 0.25) is 5.91 Å². The van der Waals surface area contributed by atoms with Crippen LogP contribution < -0.4 is 10.0 Å². The molecule has 7 nitrogen and oxygen atoms in total. The highest BCUT2D eigenvalue weighted by atomic mass is 32.2. The second kappa shape index (κ2) is 8.33. The molecule has 2 aromatic rings. The summed E-state index contributed by atoms with van der Waals surface area (Å²) in [6.45, 7) is 3.17. The van der Waals surface area contributed by atoms with Crippen molar-refractivity contribution in [2.75, 3.05) is 4.72 Å². The number of rotatable bonds is 8. The zero-order valence-electron chi connectivity index (χ0n) is 14.3. The summed E-state index contributed by atoms with van der Waals surface area (Å²) in [7, 11) is -3.61. The van der Waals surface area contributed by atoms with E-state index in [1.165, 1.54) is 13.0 Å². The number of carboxylic acids is 1. The van der Waals surface area contributed by atoms with Gasteiger partial charge >= 0.3 is 5.97 Å². The SMILES string of the molecule is CC(NC(=O)Cc1ccc(NS(=O)(=O)c2cccs2)cc1)C(C)C(=O)O.